The number of rotatable bonds is 5. The van der Waals surface area contributed by atoms with E-state index in [0.717, 1.165) is 11.4 Å². The van der Waals surface area contributed by atoms with Crippen LogP contribution < -0.4 is 10.1 Å². The molecule has 0 bridgehead atoms. The van der Waals surface area contributed by atoms with Crippen LogP contribution in [0.2, 0.25) is 5.15 Å². The van der Waals surface area contributed by atoms with E-state index in [4.69, 9.17) is 16.3 Å². The second-order valence-electron chi connectivity index (χ2n) is 3.77. The van der Waals surface area contributed by atoms with Crippen molar-refractivity contribution >= 4 is 17.3 Å². The minimum absolute atomic E-state index is 0.489. The first-order valence-electron chi connectivity index (χ1n) is 5.85. The third kappa shape index (κ3) is 3.37. The fraction of sp³-hybridized carbons (Fsp3) is 0.214. The topological polar surface area (TPSA) is 34.1 Å². The summed E-state index contributed by atoms with van der Waals surface area (Å²) in [6.07, 6.45) is 1.67. The van der Waals surface area contributed by atoms with Gasteiger partial charge in [-0.3, -0.25) is 0 Å². The molecule has 2 rings (SSSR count). The Morgan fingerprint density at radius 3 is 2.67 bits per heavy atom. The maximum Gasteiger partial charge on any atom is 0.152 e. The second kappa shape index (κ2) is 6.26. The van der Waals surface area contributed by atoms with Crippen molar-refractivity contribution in [1.82, 2.24) is 4.98 Å². The SMILES string of the molecule is CCOc1ccc(CNc2cccnc2Cl)cc1. The summed E-state index contributed by atoms with van der Waals surface area (Å²) in [6.45, 7) is 3.36. The predicted octanol–water partition coefficient (Wildman–Crippen LogP) is 3.75. The number of hydrogen-bond acceptors (Lipinski definition) is 3. The number of benzene rings is 1. The second-order valence-corrected chi connectivity index (χ2v) is 4.13. The summed E-state index contributed by atoms with van der Waals surface area (Å²) < 4.78 is 5.39. The van der Waals surface area contributed by atoms with Gasteiger partial charge in [0, 0.05) is 12.7 Å². The molecule has 1 heterocycles. The van der Waals surface area contributed by atoms with E-state index in [-0.39, 0.29) is 0 Å². The lowest BCUT2D eigenvalue weighted by molar-refractivity contribution is 0.340. The molecule has 3 nitrogen and oxygen atoms in total. The largest absolute Gasteiger partial charge is 0.494 e. The smallest absolute Gasteiger partial charge is 0.152 e. The molecule has 1 aromatic carbocycles. The molecule has 4 heteroatoms. The van der Waals surface area contributed by atoms with Crippen molar-refractivity contribution in [1.29, 1.82) is 0 Å². The summed E-state index contributed by atoms with van der Waals surface area (Å²) in [5.74, 6) is 0.890. The number of nitrogens with one attached hydrogen (secondary N) is 1. The molecule has 0 atom stereocenters. The zero-order valence-corrected chi connectivity index (χ0v) is 10.9. The maximum atomic E-state index is 5.96. The third-order valence-electron chi connectivity index (χ3n) is 2.48. The van der Waals surface area contributed by atoms with Crippen molar-refractivity contribution in [2.75, 3.05) is 11.9 Å². The van der Waals surface area contributed by atoms with E-state index in [1.807, 2.05) is 43.3 Å². The Labute approximate surface area is 112 Å². The average molecular weight is 263 g/mol. The molecule has 0 unspecified atom stereocenters. The molecule has 94 valence electrons. The molecule has 0 saturated carbocycles. The van der Waals surface area contributed by atoms with Crippen LogP contribution in [0, 0.1) is 0 Å². The summed E-state index contributed by atoms with van der Waals surface area (Å²) in [5.41, 5.74) is 2.01. The molecular formula is C14H15ClN2O. The first kappa shape index (κ1) is 12.7. The highest BCUT2D eigenvalue weighted by atomic mass is 35.5. The van der Waals surface area contributed by atoms with E-state index in [0.29, 0.717) is 18.3 Å². The van der Waals surface area contributed by atoms with Crippen molar-refractivity contribution in [2.45, 2.75) is 13.5 Å². The normalized spacial score (nSPS) is 10.1. The van der Waals surface area contributed by atoms with E-state index in [2.05, 4.69) is 10.3 Å². The number of aromatic nitrogens is 1. The van der Waals surface area contributed by atoms with E-state index in [1.54, 1.807) is 6.20 Å². The lowest BCUT2D eigenvalue weighted by atomic mass is 10.2. The van der Waals surface area contributed by atoms with Crippen LogP contribution in [0.25, 0.3) is 0 Å². The Morgan fingerprint density at radius 1 is 1.22 bits per heavy atom. The van der Waals surface area contributed by atoms with Gasteiger partial charge in [0.1, 0.15) is 5.75 Å². The van der Waals surface area contributed by atoms with E-state index >= 15 is 0 Å². The van der Waals surface area contributed by atoms with Gasteiger partial charge in [-0.15, -0.1) is 0 Å². The van der Waals surface area contributed by atoms with Gasteiger partial charge in [0.25, 0.3) is 0 Å². The highest BCUT2D eigenvalue weighted by molar-refractivity contribution is 6.31. The fourth-order valence-electron chi connectivity index (χ4n) is 1.59. The van der Waals surface area contributed by atoms with Crippen LogP contribution in [-0.4, -0.2) is 11.6 Å². The standard InChI is InChI=1S/C14H15ClN2O/c1-2-18-12-7-5-11(6-8-12)10-17-13-4-3-9-16-14(13)15/h3-9,17H,2,10H2,1H3. The van der Waals surface area contributed by atoms with Gasteiger partial charge >= 0.3 is 0 Å². The van der Waals surface area contributed by atoms with Gasteiger partial charge in [0.2, 0.25) is 0 Å². The summed E-state index contributed by atoms with van der Waals surface area (Å²) in [6, 6.07) is 11.7. The number of hydrogen-bond donors (Lipinski definition) is 1. The molecular weight excluding hydrogens is 248 g/mol. The van der Waals surface area contributed by atoms with Crippen LogP contribution in [0.1, 0.15) is 12.5 Å². The van der Waals surface area contributed by atoms with Crippen molar-refractivity contribution in [3.63, 3.8) is 0 Å². The van der Waals surface area contributed by atoms with Gasteiger partial charge in [0.05, 0.1) is 12.3 Å². The number of nitrogens with zero attached hydrogens (tertiary/aromatic N) is 1. The molecule has 0 fully saturated rings. The molecule has 0 aliphatic rings. The van der Waals surface area contributed by atoms with Crippen LogP contribution in [-0.2, 0) is 6.54 Å². The van der Waals surface area contributed by atoms with Crippen molar-refractivity contribution < 1.29 is 4.74 Å². The maximum absolute atomic E-state index is 5.96. The molecule has 1 aromatic heterocycles. The molecule has 0 saturated heterocycles. The fourth-order valence-corrected chi connectivity index (χ4v) is 1.77. The molecule has 0 radical (unpaired) electrons. The predicted molar refractivity (Wildman–Crippen MR) is 74.2 cm³/mol. The number of anilines is 1. The highest BCUT2D eigenvalue weighted by Crippen LogP contribution is 2.19. The van der Waals surface area contributed by atoms with Crippen molar-refractivity contribution in [3.05, 3.63) is 53.3 Å². The minimum atomic E-state index is 0.489. The highest BCUT2D eigenvalue weighted by Gasteiger charge is 2.00. The Balaban J connectivity index is 1.96. The summed E-state index contributed by atoms with van der Waals surface area (Å²) in [5, 5.41) is 3.73. The van der Waals surface area contributed by atoms with Gasteiger partial charge in [-0.25, -0.2) is 4.98 Å². The van der Waals surface area contributed by atoms with Crippen LogP contribution in [0.15, 0.2) is 42.6 Å². The summed E-state index contributed by atoms with van der Waals surface area (Å²) in [7, 11) is 0. The van der Waals surface area contributed by atoms with Gasteiger partial charge in [-0.2, -0.15) is 0 Å². The first-order valence-corrected chi connectivity index (χ1v) is 6.23. The molecule has 18 heavy (non-hydrogen) atoms. The monoisotopic (exact) mass is 262 g/mol. The van der Waals surface area contributed by atoms with Crippen LogP contribution >= 0.6 is 11.6 Å². The summed E-state index contributed by atoms with van der Waals surface area (Å²) in [4.78, 5) is 4.01. The average Bonchev–Trinajstić information content (AvgIpc) is 2.40. The van der Waals surface area contributed by atoms with Crippen molar-refractivity contribution in [2.24, 2.45) is 0 Å². The Morgan fingerprint density at radius 2 is 2.00 bits per heavy atom. The summed E-state index contributed by atoms with van der Waals surface area (Å²) >= 11 is 5.96. The number of halogens is 1. The quantitative estimate of drug-likeness (QED) is 0.834. The molecule has 2 aromatic rings. The van der Waals surface area contributed by atoms with Crippen LogP contribution in [0.5, 0.6) is 5.75 Å². The molecule has 0 spiro atoms. The molecule has 0 aliphatic carbocycles. The van der Waals surface area contributed by atoms with E-state index < -0.39 is 0 Å². The molecule has 0 amide bonds. The third-order valence-corrected chi connectivity index (χ3v) is 2.78. The lowest BCUT2D eigenvalue weighted by Crippen LogP contribution is -2.00. The van der Waals surface area contributed by atoms with Crippen LogP contribution in [0.3, 0.4) is 0 Å². The van der Waals surface area contributed by atoms with E-state index in [9.17, 15) is 0 Å². The number of ether oxygens (including phenoxy) is 1. The Hall–Kier alpha value is -1.74. The molecule has 0 aliphatic heterocycles. The zero-order chi connectivity index (χ0) is 12.8. The first-order chi connectivity index (χ1) is 8.79. The Kier molecular flexibility index (Phi) is 4.42. The van der Waals surface area contributed by atoms with Crippen molar-refractivity contribution in [3.8, 4) is 5.75 Å². The lowest BCUT2D eigenvalue weighted by Gasteiger charge is -2.08. The van der Waals surface area contributed by atoms with Gasteiger partial charge in [-0.05, 0) is 36.8 Å². The molecule has 1 N–H and O–H groups in total. The zero-order valence-electron chi connectivity index (χ0n) is 10.2. The van der Waals surface area contributed by atoms with Crippen LogP contribution in [0.4, 0.5) is 5.69 Å². The Bertz CT molecular complexity index is 499. The van der Waals surface area contributed by atoms with Gasteiger partial charge in [-0.1, -0.05) is 23.7 Å². The van der Waals surface area contributed by atoms with E-state index in [1.165, 1.54) is 5.56 Å². The van der Waals surface area contributed by atoms with Gasteiger partial charge < -0.3 is 10.1 Å². The van der Waals surface area contributed by atoms with Gasteiger partial charge in [0.15, 0.2) is 5.15 Å². The minimum Gasteiger partial charge on any atom is -0.494 e. The number of pyridine rings is 1.